The molecule has 1 aromatic carbocycles. The number of ether oxygens (including phenoxy) is 1. The fourth-order valence-corrected chi connectivity index (χ4v) is 3.15. The Labute approximate surface area is 170 Å². The molecular weight excluding hydrogens is 348 g/mol. The highest BCUT2D eigenvalue weighted by molar-refractivity contribution is 5.90. The third-order valence-electron chi connectivity index (χ3n) is 4.68. The number of nitrogen functional groups attached to an aromatic ring is 1. The molecule has 0 aliphatic heterocycles. The van der Waals surface area contributed by atoms with Crippen LogP contribution in [0.25, 0.3) is 10.9 Å². The number of para-hydroxylation sites is 1. The molecule has 0 fully saturated rings. The lowest BCUT2D eigenvalue weighted by molar-refractivity contribution is -0.141. The maximum Gasteiger partial charge on any atom is 0.302 e. The van der Waals surface area contributed by atoms with Crippen LogP contribution in [0.4, 0.5) is 5.69 Å². The van der Waals surface area contributed by atoms with E-state index in [4.69, 9.17) is 10.5 Å². The van der Waals surface area contributed by atoms with E-state index in [0.29, 0.717) is 6.61 Å². The number of hydrogen-bond donors (Lipinski definition) is 1. The second-order valence-electron chi connectivity index (χ2n) is 7.39. The fraction of sp³-hybridized carbons (Fsp3) is 0.583. The van der Waals surface area contributed by atoms with Gasteiger partial charge in [-0.25, -0.2) is 0 Å². The Bertz CT molecular complexity index is 685. The number of rotatable bonds is 11. The zero-order valence-corrected chi connectivity index (χ0v) is 18.0. The van der Waals surface area contributed by atoms with Gasteiger partial charge in [0, 0.05) is 23.7 Å². The SMILES string of the molecule is CCCCCCCCCCCCOC(C)=O.Cc1cc(N)c2ccccc2n1. The van der Waals surface area contributed by atoms with Gasteiger partial charge in [-0.15, -0.1) is 0 Å². The molecule has 1 heterocycles. The van der Waals surface area contributed by atoms with Crippen molar-refractivity contribution in [2.75, 3.05) is 12.3 Å². The van der Waals surface area contributed by atoms with Gasteiger partial charge in [-0.3, -0.25) is 9.78 Å². The minimum Gasteiger partial charge on any atom is -0.466 e. The Morgan fingerprint density at radius 3 is 2.14 bits per heavy atom. The van der Waals surface area contributed by atoms with Crippen molar-refractivity contribution in [2.45, 2.75) is 85.0 Å². The van der Waals surface area contributed by atoms with E-state index in [1.165, 1.54) is 64.7 Å². The topological polar surface area (TPSA) is 65.2 Å². The number of esters is 1. The van der Waals surface area contributed by atoms with Gasteiger partial charge in [0.05, 0.1) is 12.1 Å². The molecule has 4 heteroatoms. The number of carbonyl (C=O) groups is 1. The standard InChI is InChI=1S/C14H28O2.C10H10N2/c1-3-4-5-6-7-8-9-10-11-12-13-16-14(2)15;1-7-6-9(11)8-4-2-3-5-10(8)12-7/h3-13H2,1-2H3;2-6H,1H3,(H2,11,12). The summed E-state index contributed by atoms with van der Waals surface area (Å²) in [5.74, 6) is -0.157. The lowest BCUT2D eigenvalue weighted by Crippen LogP contribution is -2.00. The summed E-state index contributed by atoms with van der Waals surface area (Å²) in [4.78, 5) is 14.8. The molecule has 2 rings (SSSR count). The molecule has 4 nitrogen and oxygen atoms in total. The molecule has 0 aliphatic carbocycles. The number of hydrogen-bond acceptors (Lipinski definition) is 4. The Balaban J connectivity index is 0.000000289. The molecule has 2 aromatic rings. The maximum atomic E-state index is 10.5. The summed E-state index contributed by atoms with van der Waals surface area (Å²) < 4.78 is 4.87. The highest BCUT2D eigenvalue weighted by Crippen LogP contribution is 2.19. The summed E-state index contributed by atoms with van der Waals surface area (Å²) >= 11 is 0. The third kappa shape index (κ3) is 10.9. The Hall–Kier alpha value is -2.10. The molecule has 0 saturated carbocycles. The van der Waals surface area contributed by atoms with Crippen LogP contribution in [0.15, 0.2) is 30.3 Å². The van der Waals surface area contributed by atoms with Gasteiger partial charge in [-0.2, -0.15) is 0 Å². The number of pyridine rings is 1. The number of fused-ring (bicyclic) bond motifs is 1. The first kappa shape index (κ1) is 23.9. The molecular formula is C24H38N2O2. The van der Waals surface area contributed by atoms with Gasteiger partial charge in [0.15, 0.2) is 0 Å². The maximum absolute atomic E-state index is 10.5. The average molecular weight is 387 g/mol. The van der Waals surface area contributed by atoms with Crippen molar-refractivity contribution in [1.82, 2.24) is 4.98 Å². The number of aryl methyl sites for hydroxylation is 1. The summed E-state index contributed by atoms with van der Waals surface area (Å²) in [7, 11) is 0. The van der Waals surface area contributed by atoms with Crippen LogP contribution < -0.4 is 5.73 Å². The normalized spacial score (nSPS) is 10.4. The number of carbonyl (C=O) groups excluding carboxylic acids is 1. The zero-order chi connectivity index (χ0) is 20.6. The predicted octanol–water partition coefficient (Wildman–Crippen LogP) is 6.60. The van der Waals surface area contributed by atoms with Gasteiger partial charge in [-0.05, 0) is 25.5 Å². The van der Waals surface area contributed by atoms with Crippen molar-refractivity contribution in [3.63, 3.8) is 0 Å². The number of nitrogens with zero attached hydrogens (tertiary/aromatic N) is 1. The smallest absolute Gasteiger partial charge is 0.302 e. The number of unbranched alkanes of at least 4 members (excludes halogenated alkanes) is 9. The van der Waals surface area contributed by atoms with Crippen molar-refractivity contribution >= 4 is 22.6 Å². The van der Waals surface area contributed by atoms with E-state index < -0.39 is 0 Å². The minimum absolute atomic E-state index is 0.157. The summed E-state index contributed by atoms with van der Waals surface area (Å²) in [6, 6.07) is 9.78. The molecule has 1 aromatic heterocycles. The van der Waals surface area contributed by atoms with E-state index in [9.17, 15) is 4.79 Å². The van der Waals surface area contributed by atoms with Crippen LogP contribution in [0.1, 0.15) is 83.7 Å². The van der Waals surface area contributed by atoms with Gasteiger partial charge < -0.3 is 10.5 Å². The van der Waals surface area contributed by atoms with Gasteiger partial charge in [-0.1, -0.05) is 82.9 Å². The molecule has 0 atom stereocenters. The Morgan fingerprint density at radius 2 is 1.54 bits per heavy atom. The van der Waals surface area contributed by atoms with Gasteiger partial charge in [0.2, 0.25) is 0 Å². The first-order chi connectivity index (χ1) is 13.5. The molecule has 0 saturated heterocycles. The van der Waals surface area contributed by atoms with E-state index in [1.807, 2.05) is 37.3 Å². The zero-order valence-electron chi connectivity index (χ0n) is 18.0. The van der Waals surface area contributed by atoms with Crippen LogP contribution in [-0.2, 0) is 9.53 Å². The second-order valence-corrected chi connectivity index (χ2v) is 7.39. The lowest BCUT2D eigenvalue weighted by Gasteiger charge is -2.02. The largest absolute Gasteiger partial charge is 0.466 e. The second kappa shape index (κ2) is 14.9. The van der Waals surface area contributed by atoms with Gasteiger partial charge >= 0.3 is 5.97 Å². The first-order valence-electron chi connectivity index (χ1n) is 10.8. The molecule has 156 valence electrons. The molecule has 0 aliphatic rings. The summed E-state index contributed by atoms with van der Waals surface area (Å²) in [5.41, 5.74) is 8.55. The predicted molar refractivity (Wildman–Crippen MR) is 119 cm³/mol. The van der Waals surface area contributed by atoms with Crippen LogP contribution >= 0.6 is 0 Å². The van der Waals surface area contributed by atoms with Crippen LogP contribution in [0.2, 0.25) is 0 Å². The molecule has 0 amide bonds. The fourth-order valence-electron chi connectivity index (χ4n) is 3.15. The number of aromatic nitrogens is 1. The number of nitrogens with two attached hydrogens (primary N) is 1. The average Bonchev–Trinajstić information content (AvgIpc) is 2.66. The monoisotopic (exact) mass is 386 g/mol. The van der Waals surface area contributed by atoms with Crippen molar-refractivity contribution in [2.24, 2.45) is 0 Å². The first-order valence-corrected chi connectivity index (χ1v) is 10.8. The van der Waals surface area contributed by atoms with Crippen LogP contribution in [0.5, 0.6) is 0 Å². The van der Waals surface area contributed by atoms with Crippen molar-refractivity contribution in [3.05, 3.63) is 36.0 Å². The van der Waals surface area contributed by atoms with E-state index in [0.717, 1.165) is 28.7 Å². The van der Waals surface area contributed by atoms with Crippen LogP contribution in [0.3, 0.4) is 0 Å². The van der Waals surface area contributed by atoms with Gasteiger partial charge in [0.1, 0.15) is 0 Å². The molecule has 28 heavy (non-hydrogen) atoms. The summed E-state index contributed by atoms with van der Waals surface area (Å²) in [6.07, 6.45) is 13.1. The van der Waals surface area contributed by atoms with Crippen molar-refractivity contribution in [1.29, 1.82) is 0 Å². The highest BCUT2D eigenvalue weighted by Gasteiger charge is 1.98. The van der Waals surface area contributed by atoms with Crippen molar-refractivity contribution in [3.8, 4) is 0 Å². The van der Waals surface area contributed by atoms with E-state index in [1.54, 1.807) is 0 Å². The van der Waals surface area contributed by atoms with E-state index >= 15 is 0 Å². The Kier molecular flexibility index (Phi) is 12.7. The van der Waals surface area contributed by atoms with Crippen molar-refractivity contribution < 1.29 is 9.53 Å². The van der Waals surface area contributed by atoms with E-state index in [-0.39, 0.29) is 5.97 Å². The van der Waals surface area contributed by atoms with Crippen LogP contribution in [-0.4, -0.2) is 17.6 Å². The summed E-state index contributed by atoms with van der Waals surface area (Å²) in [6.45, 7) is 6.27. The molecule has 2 N–H and O–H groups in total. The minimum atomic E-state index is -0.157. The van der Waals surface area contributed by atoms with Gasteiger partial charge in [0.25, 0.3) is 0 Å². The highest BCUT2D eigenvalue weighted by atomic mass is 16.5. The molecule has 0 unspecified atom stereocenters. The molecule has 0 bridgehead atoms. The van der Waals surface area contributed by atoms with Crippen LogP contribution in [0, 0.1) is 6.92 Å². The number of anilines is 1. The number of benzene rings is 1. The molecule has 0 spiro atoms. The van der Waals surface area contributed by atoms with E-state index in [2.05, 4.69) is 11.9 Å². The molecule has 0 radical (unpaired) electrons. The quantitative estimate of drug-likeness (QED) is 0.349. The summed E-state index contributed by atoms with van der Waals surface area (Å²) in [5, 5.41) is 1.03. The lowest BCUT2D eigenvalue weighted by atomic mass is 10.1. The third-order valence-corrected chi connectivity index (χ3v) is 4.68. The Morgan fingerprint density at radius 1 is 0.964 bits per heavy atom.